The third-order valence-corrected chi connectivity index (χ3v) is 7.29. The molecule has 1 aliphatic rings. The van der Waals surface area contributed by atoms with E-state index in [9.17, 15) is 20.1 Å². The molecule has 34 heavy (non-hydrogen) atoms. The summed E-state index contributed by atoms with van der Waals surface area (Å²) < 4.78 is 6.53. The van der Waals surface area contributed by atoms with Crippen molar-refractivity contribution < 1.29 is 24.9 Å². The second kappa shape index (κ2) is 8.61. The van der Waals surface area contributed by atoms with E-state index in [1.807, 2.05) is 96.4 Å². The summed E-state index contributed by atoms with van der Waals surface area (Å²) >= 11 is 0. The van der Waals surface area contributed by atoms with Gasteiger partial charge in [0.25, 0.3) is 5.91 Å². The number of ether oxygens (including phenoxy) is 1. The molecule has 7 heteroatoms. The molecule has 1 saturated carbocycles. The maximum atomic E-state index is 12.3. The quantitative estimate of drug-likeness (QED) is 0.151. The van der Waals surface area contributed by atoms with E-state index in [-0.39, 0.29) is 6.61 Å². The lowest BCUT2D eigenvalue weighted by Crippen LogP contribution is -2.51. The predicted octanol–water partition coefficient (Wildman–Crippen LogP) is 1.85. The van der Waals surface area contributed by atoms with Gasteiger partial charge in [-0.1, -0.05) is 105 Å². The van der Waals surface area contributed by atoms with Crippen LogP contribution in [0.15, 0.2) is 91.0 Å². The Balaban J connectivity index is 1.79. The molecule has 6 N–H and O–H groups in total. The van der Waals surface area contributed by atoms with E-state index >= 15 is 0 Å². The van der Waals surface area contributed by atoms with Gasteiger partial charge in [0.15, 0.2) is 5.60 Å². The van der Waals surface area contributed by atoms with Crippen molar-refractivity contribution in [1.29, 1.82) is 0 Å². The van der Waals surface area contributed by atoms with Gasteiger partial charge >= 0.3 is 0 Å². The number of aliphatic hydroxyl groups excluding tert-OH is 1. The largest absolute Gasteiger partial charge is 0.388 e. The molecule has 0 radical (unpaired) electrons. The normalized spacial score (nSPS) is 24.3. The van der Waals surface area contributed by atoms with Crippen LogP contribution in [-0.4, -0.2) is 45.1 Å². The minimum Gasteiger partial charge on any atom is -0.388 e. The summed E-state index contributed by atoms with van der Waals surface area (Å²) in [6.45, 7) is 2.60. The second-order valence-corrected chi connectivity index (χ2v) is 9.18. The Morgan fingerprint density at radius 2 is 1.26 bits per heavy atom. The first-order valence-electron chi connectivity index (χ1n) is 11.1. The van der Waals surface area contributed by atoms with E-state index in [1.165, 1.54) is 13.8 Å². The molecule has 3 aromatic carbocycles. The van der Waals surface area contributed by atoms with Crippen LogP contribution in [0, 0.1) is 5.41 Å². The first-order valence-corrected chi connectivity index (χ1v) is 11.1. The first kappa shape index (κ1) is 24.1. The minimum atomic E-state index is -2.27. The monoisotopic (exact) mass is 462 g/mol. The van der Waals surface area contributed by atoms with Crippen LogP contribution < -0.4 is 11.3 Å². The maximum Gasteiger partial charge on any atom is 0.269 e. The molecule has 3 atom stereocenters. The lowest BCUT2D eigenvalue weighted by Gasteiger charge is -2.37. The number of nitrogens with one attached hydrogen (secondary N) is 1. The van der Waals surface area contributed by atoms with Gasteiger partial charge in [0.05, 0.1) is 6.61 Å². The van der Waals surface area contributed by atoms with Crippen LogP contribution in [0.5, 0.6) is 0 Å². The van der Waals surface area contributed by atoms with Crippen LogP contribution in [0.2, 0.25) is 0 Å². The zero-order valence-electron chi connectivity index (χ0n) is 19.2. The molecule has 0 unspecified atom stereocenters. The van der Waals surface area contributed by atoms with Crippen LogP contribution in [0.4, 0.5) is 0 Å². The van der Waals surface area contributed by atoms with E-state index in [0.717, 1.165) is 16.7 Å². The molecule has 4 rings (SSSR count). The van der Waals surface area contributed by atoms with Crippen LogP contribution in [0.1, 0.15) is 30.5 Å². The molecule has 7 nitrogen and oxygen atoms in total. The Labute approximate surface area is 198 Å². The van der Waals surface area contributed by atoms with E-state index < -0.39 is 34.2 Å². The van der Waals surface area contributed by atoms with Crippen molar-refractivity contribution in [2.24, 2.45) is 11.3 Å². The number of carbonyl (C=O) groups is 1. The predicted molar refractivity (Wildman–Crippen MR) is 127 cm³/mol. The molecule has 0 aromatic heterocycles. The smallest absolute Gasteiger partial charge is 0.269 e. The van der Waals surface area contributed by atoms with Gasteiger partial charge in [0.1, 0.15) is 17.3 Å². The van der Waals surface area contributed by atoms with Gasteiger partial charge < -0.3 is 20.1 Å². The van der Waals surface area contributed by atoms with Crippen LogP contribution >= 0.6 is 0 Å². The number of benzene rings is 3. The van der Waals surface area contributed by atoms with Gasteiger partial charge in [-0.3, -0.25) is 10.2 Å². The number of carbonyl (C=O) groups excluding carboxylic acids is 1. The molecular formula is C27H30N2O5. The van der Waals surface area contributed by atoms with Crippen LogP contribution in [0.3, 0.4) is 0 Å². The van der Waals surface area contributed by atoms with Gasteiger partial charge in [-0.05, 0) is 16.7 Å². The highest BCUT2D eigenvalue weighted by atomic mass is 16.5. The average Bonchev–Trinajstić information content (AvgIpc) is 3.25. The van der Waals surface area contributed by atoms with Gasteiger partial charge in [0, 0.05) is 5.41 Å². The van der Waals surface area contributed by atoms with Crippen molar-refractivity contribution in [3.8, 4) is 0 Å². The Morgan fingerprint density at radius 1 is 0.882 bits per heavy atom. The third-order valence-electron chi connectivity index (χ3n) is 7.29. The summed E-state index contributed by atoms with van der Waals surface area (Å²) in [6, 6.07) is 28.7. The summed E-state index contributed by atoms with van der Waals surface area (Å²) in [7, 11) is 0. The van der Waals surface area contributed by atoms with Gasteiger partial charge in [-0.2, -0.15) is 0 Å². The Bertz CT molecular complexity index is 1040. The Morgan fingerprint density at radius 3 is 1.62 bits per heavy atom. The Kier molecular flexibility index (Phi) is 6.10. The number of hydrogen-bond acceptors (Lipinski definition) is 6. The van der Waals surface area contributed by atoms with Crippen molar-refractivity contribution in [3.63, 3.8) is 0 Å². The Hall–Kier alpha value is -3.07. The van der Waals surface area contributed by atoms with Crippen molar-refractivity contribution in [2.75, 3.05) is 6.61 Å². The topological polar surface area (TPSA) is 125 Å². The molecule has 0 aliphatic heterocycles. The molecule has 1 fully saturated rings. The molecule has 1 aliphatic carbocycles. The van der Waals surface area contributed by atoms with Crippen molar-refractivity contribution in [2.45, 2.75) is 36.8 Å². The minimum absolute atomic E-state index is 0.376. The zero-order chi connectivity index (χ0) is 24.6. The highest BCUT2D eigenvalue weighted by Gasteiger charge is 2.88. The van der Waals surface area contributed by atoms with E-state index in [0.29, 0.717) is 0 Å². The second-order valence-electron chi connectivity index (χ2n) is 9.18. The molecule has 3 aromatic rings. The molecule has 0 spiro atoms. The highest BCUT2D eigenvalue weighted by Crippen LogP contribution is 2.66. The number of rotatable bonds is 8. The van der Waals surface area contributed by atoms with E-state index in [2.05, 4.69) is 0 Å². The summed E-state index contributed by atoms with van der Waals surface area (Å²) in [4.78, 5) is 12.3. The number of hydrazine groups is 1. The zero-order valence-corrected chi connectivity index (χ0v) is 19.2. The lowest BCUT2D eigenvalue weighted by atomic mass is 9.80. The fourth-order valence-corrected chi connectivity index (χ4v) is 5.17. The van der Waals surface area contributed by atoms with Gasteiger partial charge in [0.2, 0.25) is 0 Å². The van der Waals surface area contributed by atoms with Gasteiger partial charge in [-0.25, -0.2) is 5.84 Å². The summed E-state index contributed by atoms with van der Waals surface area (Å²) in [5.41, 5.74) is -2.60. The summed E-state index contributed by atoms with van der Waals surface area (Å²) in [6.07, 6.45) is -1.60. The number of nitrogens with two attached hydrogens (primary N) is 1. The molecule has 0 heterocycles. The molecule has 178 valence electrons. The summed E-state index contributed by atoms with van der Waals surface area (Å²) in [5, 5.41) is 33.3. The van der Waals surface area contributed by atoms with Crippen LogP contribution in [-0.2, 0) is 15.1 Å². The van der Waals surface area contributed by atoms with Crippen molar-refractivity contribution in [1.82, 2.24) is 5.43 Å². The third kappa shape index (κ3) is 3.20. The SMILES string of the molecule is CC1(C)[C@](O)(C(=O)NN)[C@]1(O)[C@H](O)COC(c1ccccc1)(c1ccccc1)c1ccccc1. The standard InChI is InChI=1S/C27H30N2O5/c1-24(2)26(32,27(24,33)23(31)29-28)22(30)18-34-25(19-12-6-3-7-13-19,20-14-8-4-9-15-20)21-16-10-5-11-17-21/h3-17,22,30,32-33H,18,28H2,1-2H3,(H,29,31)/t22-,26+,27-/m1/s1. The average molecular weight is 463 g/mol. The highest BCUT2D eigenvalue weighted by molar-refractivity contribution is 5.92. The molecule has 0 saturated heterocycles. The maximum absolute atomic E-state index is 12.3. The number of hydrogen-bond donors (Lipinski definition) is 5. The van der Waals surface area contributed by atoms with Crippen molar-refractivity contribution >= 4 is 5.91 Å². The van der Waals surface area contributed by atoms with E-state index in [1.54, 1.807) is 0 Å². The number of amides is 1. The van der Waals surface area contributed by atoms with Gasteiger partial charge in [-0.15, -0.1) is 0 Å². The first-order chi connectivity index (χ1) is 16.2. The van der Waals surface area contributed by atoms with Crippen LogP contribution in [0.25, 0.3) is 0 Å². The van der Waals surface area contributed by atoms with Crippen molar-refractivity contribution in [3.05, 3.63) is 108 Å². The number of aliphatic hydroxyl groups is 3. The fraction of sp³-hybridized carbons (Fsp3) is 0.296. The molecular weight excluding hydrogens is 432 g/mol. The van der Waals surface area contributed by atoms with E-state index in [4.69, 9.17) is 10.6 Å². The molecule has 0 bridgehead atoms. The molecule has 1 amide bonds. The summed E-state index contributed by atoms with van der Waals surface area (Å²) in [5.74, 6) is 4.26. The lowest BCUT2D eigenvalue weighted by molar-refractivity contribution is -0.146. The fourth-order valence-electron chi connectivity index (χ4n) is 5.17.